The number of nitrogens with zero attached hydrogens (tertiary/aromatic N) is 2. The van der Waals surface area contributed by atoms with Crippen LogP contribution < -0.4 is 5.32 Å². The number of ether oxygens (including phenoxy) is 2. The number of amides is 1. The number of aryl methyl sites for hydroxylation is 1. The summed E-state index contributed by atoms with van der Waals surface area (Å²) in [5, 5.41) is 7.18. The van der Waals surface area contributed by atoms with Gasteiger partial charge in [0, 0.05) is 17.3 Å². The highest BCUT2D eigenvalue weighted by atomic mass is 32.1. The van der Waals surface area contributed by atoms with Gasteiger partial charge in [0.2, 0.25) is 5.76 Å². The molecule has 9 nitrogen and oxygen atoms in total. The lowest BCUT2D eigenvalue weighted by Gasteiger charge is -2.08. The van der Waals surface area contributed by atoms with Crippen LogP contribution in [0.15, 0.2) is 35.0 Å². The molecule has 3 aromatic heterocycles. The molecule has 1 amide bonds. The van der Waals surface area contributed by atoms with Gasteiger partial charge in [-0.25, -0.2) is 9.59 Å². The fourth-order valence-corrected chi connectivity index (χ4v) is 4.70. The predicted molar refractivity (Wildman–Crippen MR) is 111 cm³/mol. The SMILES string of the molecule is CCOC(=O)c1c(NC(=O)COC(=O)c2ccc(Cn3cccn3)o2)sc2c1CCC2. The van der Waals surface area contributed by atoms with Gasteiger partial charge in [0.1, 0.15) is 10.8 Å². The van der Waals surface area contributed by atoms with E-state index in [-0.39, 0.29) is 12.4 Å². The van der Waals surface area contributed by atoms with Crippen LogP contribution in [0.2, 0.25) is 0 Å². The van der Waals surface area contributed by atoms with Gasteiger partial charge >= 0.3 is 11.9 Å². The zero-order valence-corrected chi connectivity index (χ0v) is 17.7. The van der Waals surface area contributed by atoms with Gasteiger partial charge in [0.25, 0.3) is 5.91 Å². The molecule has 0 radical (unpaired) electrons. The first-order valence-electron chi connectivity index (χ1n) is 9.90. The van der Waals surface area contributed by atoms with E-state index in [0.717, 1.165) is 29.7 Å². The second-order valence-corrected chi connectivity index (χ2v) is 7.98. The second-order valence-electron chi connectivity index (χ2n) is 6.88. The molecule has 162 valence electrons. The maximum atomic E-state index is 12.4. The van der Waals surface area contributed by atoms with Gasteiger partial charge in [0.05, 0.1) is 18.7 Å². The Bertz CT molecular complexity index is 1100. The van der Waals surface area contributed by atoms with Crippen LogP contribution in [0.25, 0.3) is 0 Å². The van der Waals surface area contributed by atoms with Gasteiger partial charge in [-0.1, -0.05) is 0 Å². The number of rotatable bonds is 8. The summed E-state index contributed by atoms with van der Waals surface area (Å²) in [6.07, 6.45) is 6.05. The first-order chi connectivity index (χ1) is 15.0. The van der Waals surface area contributed by atoms with Gasteiger partial charge in [-0.05, 0) is 49.9 Å². The Labute approximate surface area is 181 Å². The normalized spacial score (nSPS) is 12.4. The average molecular weight is 443 g/mol. The van der Waals surface area contributed by atoms with Crippen molar-refractivity contribution in [2.24, 2.45) is 0 Å². The molecule has 1 aliphatic carbocycles. The molecule has 0 atom stereocenters. The second kappa shape index (κ2) is 9.17. The first kappa shape index (κ1) is 20.9. The van der Waals surface area contributed by atoms with E-state index in [0.29, 0.717) is 22.9 Å². The number of thiophene rings is 1. The molecule has 10 heteroatoms. The van der Waals surface area contributed by atoms with Gasteiger partial charge in [-0.15, -0.1) is 11.3 Å². The number of hydrogen-bond acceptors (Lipinski definition) is 8. The van der Waals surface area contributed by atoms with E-state index in [1.165, 1.54) is 17.4 Å². The van der Waals surface area contributed by atoms with Gasteiger partial charge in [-0.3, -0.25) is 9.48 Å². The van der Waals surface area contributed by atoms with Crippen molar-refractivity contribution in [2.45, 2.75) is 32.7 Å². The van der Waals surface area contributed by atoms with Crippen LogP contribution in [-0.4, -0.2) is 40.8 Å². The van der Waals surface area contributed by atoms with E-state index in [1.54, 1.807) is 36.1 Å². The van der Waals surface area contributed by atoms with Crippen molar-refractivity contribution >= 4 is 34.2 Å². The largest absolute Gasteiger partial charge is 0.462 e. The Morgan fingerprint density at radius 2 is 2.10 bits per heavy atom. The topological polar surface area (TPSA) is 113 Å². The number of fused-ring (bicyclic) bond motifs is 1. The van der Waals surface area contributed by atoms with E-state index in [4.69, 9.17) is 13.9 Å². The summed E-state index contributed by atoms with van der Waals surface area (Å²) < 4.78 is 17.3. The number of hydrogen-bond donors (Lipinski definition) is 1. The van der Waals surface area contributed by atoms with Crippen molar-refractivity contribution in [1.29, 1.82) is 0 Å². The highest BCUT2D eigenvalue weighted by Gasteiger charge is 2.28. The summed E-state index contributed by atoms with van der Waals surface area (Å²) in [6, 6.07) is 4.92. The number of carbonyl (C=O) groups excluding carboxylic acids is 3. The minimum atomic E-state index is -0.749. The van der Waals surface area contributed by atoms with Gasteiger partial charge < -0.3 is 19.2 Å². The number of furan rings is 1. The first-order valence-corrected chi connectivity index (χ1v) is 10.7. The van der Waals surface area contributed by atoms with Gasteiger partial charge in [0.15, 0.2) is 6.61 Å². The standard InChI is InChI=1S/C21H21N3O6S/c1-2-28-21(27)18-14-5-3-6-16(14)31-19(18)23-17(25)12-29-20(26)15-8-7-13(30-15)11-24-10-4-9-22-24/h4,7-10H,2-3,5-6,11-12H2,1H3,(H,23,25). The van der Waals surface area contributed by atoms with Crippen molar-refractivity contribution < 1.29 is 28.3 Å². The predicted octanol–water partition coefficient (Wildman–Crippen LogP) is 3.05. The molecule has 0 unspecified atom stereocenters. The molecule has 0 spiro atoms. The van der Waals surface area contributed by atoms with Crippen LogP contribution in [0.4, 0.5) is 5.00 Å². The number of anilines is 1. The number of aromatic nitrogens is 2. The molecule has 0 saturated carbocycles. The van der Waals surface area contributed by atoms with E-state index < -0.39 is 24.5 Å². The van der Waals surface area contributed by atoms with Crippen LogP contribution in [-0.2, 0) is 33.7 Å². The monoisotopic (exact) mass is 443 g/mol. The summed E-state index contributed by atoms with van der Waals surface area (Å²) in [5.74, 6) is -1.21. The highest BCUT2D eigenvalue weighted by molar-refractivity contribution is 7.17. The van der Waals surface area contributed by atoms with Crippen LogP contribution in [0, 0.1) is 0 Å². The summed E-state index contributed by atoms with van der Waals surface area (Å²) in [6.45, 7) is 1.86. The third kappa shape index (κ3) is 4.69. The third-order valence-electron chi connectivity index (χ3n) is 4.73. The minimum Gasteiger partial charge on any atom is -0.462 e. The maximum Gasteiger partial charge on any atom is 0.374 e. The number of esters is 2. The minimum absolute atomic E-state index is 0.00253. The molecule has 0 aliphatic heterocycles. The van der Waals surface area contributed by atoms with Gasteiger partial charge in [-0.2, -0.15) is 5.10 Å². The number of carbonyl (C=O) groups is 3. The lowest BCUT2D eigenvalue weighted by Crippen LogP contribution is -2.21. The van der Waals surface area contributed by atoms with Crippen molar-refractivity contribution in [2.75, 3.05) is 18.5 Å². The zero-order valence-electron chi connectivity index (χ0n) is 16.9. The smallest absolute Gasteiger partial charge is 0.374 e. The van der Waals surface area contributed by atoms with Crippen LogP contribution in [0.1, 0.15) is 50.5 Å². The zero-order chi connectivity index (χ0) is 21.8. The Balaban J connectivity index is 1.35. The highest BCUT2D eigenvalue weighted by Crippen LogP contribution is 2.39. The van der Waals surface area contributed by atoms with E-state index >= 15 is 0 Å². The molecule has 1 aliphatic rings. The average Bonchev–Trinajstić information content (AvgIpc) is 3.51. The molecule has 0 saturated heterocycles. The van der Waals surface area contributed by atoms with Crippen LogP contribution >= 0.6 is 11.3 Å². The van der Waals surface area contributed by atoms with E-state index in [9.17, 15) is 14.4 Å². The van der Waals surface area contributed by atoms with E-state index in [1.807, 2.05) is 0 Å². The fourth-order valence-electron chi connectivity index (χ4n) is 3.40. The fraction of sp³-hybridized carbons (Fsp3) is 0.333. The molecule has 3 heterocycles. The molecule has 0 fully saturated rings. The van der Waals surface area contributed by atoms with E-state index in [2.05, 4.69) is 10.4 Å². The van der Waals surface area contributed by atoms with Crippen molar-refractivity contribution in [1.82, 2.24) is 9.78 Å². The molecule has 3 aromatic rings. The molecule has 0 bridgehead atoms. The summed E-state index contributed by atoms with van der Waals surface area (Å²) in [5.41, 5.74) is 1.35. The third-order valence-corrected chi connectivity index (χ3v) is 5.94. The Morgan fingerprint density at radius 3 is 2.87 bits per heavy atom. The van der Waals surface area contributed by atoms with Crippen LogP contribution in [0.3, 0.4) is 0 Å². The lowest BCUT2D eigenvalue weighted by atomic mass is 10.1. The Morgan fingerprint density at radius 1 is 1.23 bits per heavy atom. The Hall–Kier alpha value is -3.40. The summed E-state index contributed by atoms with van der Waals surface area (Å²) in [7, 11) is 0. The molecule has 0 aromatic carbocycles. The molecular formula is C21H21N3O6S. The molecule has 4 rings (SSSR count). The molecule has 31 heavy (non-hydrogen) atoms. The van der Waals surface area contributed by atoms with Crippen molar-refractivity contribution in [3.8, 4) is 0 Å². The molecule has 1 N–H and O–H groups in total. The lowest BCUT2D eigenvalue weighted by molar-refractivity contribution is -0.119. The summed E-state index contributed by atoms with van der Waals surface area (Å²) >= 11 is 1.37. The maximum absolute atomic E-state index is 12.4. The quantitative estimate of drug-likeness (QED) is 0.533. The summed E-state index contributed by atoms with van der Waals surface area (Å²) in [4.78, 5) is 38.0. The van der Waals surface area contributed by atoms with Crippen molar-refractivity contribution in [3.05, 3.63) is 58.1 Å². The Kier molecular flexibility index (Phi) is 6.17. The van der Waals surface area contributed by atoms with Crippen LogP contribution in [0.5, 0.6) is 0 Å². The molecular weight excluding hydrogens is 422 g/mol. The van der Waals surface area contributed by atoms with Crippen molar-refractivity contribution in [3.63, 3.8) is 0 Å². The number of nitrogens with one attached hydrogen (secondary N) is 1.